The van der Waals surface area contributed by atoms with Crippen LogP contribution in [0.1, 0.15) is 0 Å². The van der Waals surface area contributed by atoms with E-state index in [1.165, 1.54) is 0 Å². The number of nitrogens with one attached hydrogen (secondary N) is 1. The second-order valence-corrected chi connectivity index (χ2v) is 4.07. The first-order valence-corrected chi connectivity index (χ1v) is 6.94. The van der Waals surface area contributed by atoms with Gasteiger partial charge in [-0.3, -0.25) is 0 Å². The molecule has 0 amide bonds. The van der Waals surface area contributed by atoms with Crippen molar-refractivity contribution in [3.8, 4) is 0 Å². The Labute approximate surface area is 121 Å². The van der Waals surface area contributed by atoms with Crippen LogP contribution in [0.3, 0.4) is 0 Å². The lowest BCUT2D eigenvalue weighted by Crippen LogP contribution is -2.32. The standard InChI is InChI=1S/C13H29NO6/c1-14-11-13(20-4-3-15)12-19-10-9-18-8-7-17-6-5-16-2/h13-15H,3-12H2,1-2H3. The van der Waals surface area contributed by atoms with Crippen LogP contribution in [0, 0.1) is 0 Å². The van der Waals surface area contributed by atoms with Gasteiger partial charge in [0.15, 0.2) is 0 Å². The molecular formula is C13H29NO6. The van der Waals surface area contributed by atoms with Gasteiger partial charge in [-0.2, -0.15) is 0 Å². The van der Waals surface area contributed by atoms with E-state index in [1.54, 1.807) is 7.11 Å². The molecule has 7 heteroatoms. The first-order chi connectivity index (χ1) is 9.85. The van der Waals surface area contributed by atoms with E-state index in [2.05, 4.69) is 5.32 Å². The van der Waals surface area contributed by atoms with Gasteiger partial charge in [0.25, 0.3) is 0 Å². The van der Waals surface area contributed by atoms with Crippen LogP contribution in [0.25, 0.3) is 0 Å². The maximum atomic E-state index is 8.70. The molecule has 0 aromatic rings. The lowest BCUT2D eigenvalue weighted by molar-refractivity contribution is -0.0426. The molecule has 0 heterocycles. The van der Waals surface area contributed by atoms with Crippen LogP contribution >= 0.6 is 0 Å². The monoisotopic (exact) mass is 295 g/mol. The van der Waals surface area contributed by atoms with Crippen molar-refractivity contribution in [3.63, 3.8) is 0 Å². The molecular weight excluding hydrogens is 266 g/mol. The van der Waals surface area contributed by atoms with Crippen molar-refractivity contribution in [2.45, 2.75) is 6.10 Å². The van der Waals surface area contributed by atoms with E-state index in [1.807, 2.05) is 7.05 Å². The quantitative estimate of drug-likeness (QED) is 0.364. The summed E-state index contributed by atoms with van der Waals surface area (Å²) in [6, 6.07) is 0. The van der Waals surface area contributed by atoms with Crippen molar-refractivity contribution in [1.82, 2.24) is 5.32 Å². The molecule has 7 nitrogen and oxygen atoms in total. The second-order valence-electron chi connectivity index (χ2n) is 4.07. The molecule has 1 atom stereocenters. The normalized spacial score (nSPS) is 12.8. The minimum atomic E-state index is -0.0514. The highest BCUT2D eigenvalue weighted by Gasteiger charge is 2.07. The summed E-state index contributed by atoms with van der Waals surface area (Å²) >= 11 is 0. The Morgan fingerprint density at radius 1 is 0.900 bits per heavy atom. The summed E-state index contributed by atoms with van der Waals surface area (Å²) in [7, 11) is 3.49. The molecule has 0 aliphatic heterocycles. The van der Waals surface area contributed by atoms with Gasteiger partial charge in [-0.25, -0.2) is 0 Å². The summed E-state index contributed by atoms with van der Waals surface area (Å²) in [4.78, 5) is 0. The molecule has 2 N–H and O–H groups in total. The number of aliphatic hydroxyl groups excluding tert-OH is 1. The van der Waals surface area contributed by atoms with Crippen molar-refractivity contribution >= 4 is 0 Å². The average molecular weight is 295 g/mol. The van der Waals surface area contributed by atoms with Crippen LogP contribution in [-0.4, -0.2) is 91.4 Å². The van der Waals surface area contributed by atoms with Gasteiger partial charge in [0.05, 0.1) is 65.6 Å². The number of likely N-dealkylation sites (N-methyl/N-ethyl adjacent to an activating group) is 1. The number of hydrogen-bond donors (Lipinski definition) is 2. The van der Waals surface area contributed by atoms with Gasteiger partial charge in [-0.15, -0.1) is 0 Å². The third-order valence-electron chi connectivity index (χ3n) is 2.36. The highest BCUT2D eigenvalue weighted by molar-refractivity contribution is 4.58. The molecule has 0 bridgehead atoms. The number of hydrogen-bond acceptors (Lipinski definition) is 7. The first kappa shape index (κ1) is 19.7. The number of rotatable bonds is 16. The Morgan fingerprint density at radius 2 is 1.50 bits per heavy atom. The third kappa shape index (κ3) is 14.1. The molecule has 20 heavy (non-hydrogen) atoms. The highest BCUT2D eigenvalue weighted by Crippen LogP contribution is 1.92. The molecule has 0 spiro atoms. The molecule has 0 radical (unpaired) electrons. The highest BCUT2D eigenvalue weighted by atomic mass is 16.6. The maximum absolute atomic E-state index is 8.70. The smallest absolute Gasteiger partial charge is 0.0933 e. The van der Waals surface area contributed by atoms with E-state index >= 15 is 0 Å². The molecule has 0 rings (SSSR count). The zero-order valence-electron chi connectivity index (χ0n) is 12.6. The fourth-order valence-corrected chi connectivity index (χ4v) is 1.41. The van der Waals surface area contributed by atoms with E-state index in [-0.39, 0.29) is 12.7 Å². The molecule has 0 aromatic carbocycles. The lowest BCUT2D eigenvalue weighted by Gasteiger charge is -2.17. The van der Waals surface area contributed by atoms with Crippen molar-refractivity contribution in [1.29, 1.82) is 0 Å². The van der Waals surface area contributed by atoms with Gasteiger partial charge >= 0.3 is 0 Å². The molecule has 122 valence electrons. The Kier molecular flexibility index (Phi) is 16.5. The predicted octanol–water partition coefficient (Wildman–Crippen LogP) is -0.720. The van der Waals surface area contributed by atoms with Crippen molar-refractivity contribution in [3.05, 3.63) is 0 Å². The molecule has 0 saturated carbocycles. The van der Waals surface area contributed by atoms with E-state index in [4.69, 9.17) is 28.8 Å². The first-order valence-electron chi connectivity index (χ1n) is 6.94. The average Bonchev–Trinajstić information content (AvgIpc) is 2.46. The van der Waals surface area contributed by atoms with E-state index in [0.29, 0.717) is 59.4 Å². The van der Waals surface area contributed by atoms with Crippen LogP contribution in [0.15, 0.2) is 0 Å². The number of methoxy groups -OCH3 is 1. The van der Waals surface area contributed by atoms with Gasteiger partial charge in [0, 0.05) is 13.7 Å². The zero-order valence-corrected chi connectivity index (χ0v) is 12.6. The van der Waals surface area contributed by atoms with Gasteiger partial charge < -0.3 is 34.1 Å². The lowest BCUT2D eigenvalue weighted by atomic mass is 10.4. The fourth-order valence-electron chi connectivity index (χ4n) is 1.41. The second kappa shape index (κ2) is 16.8. The predicted molar refractivity (Wildman–Crippen MR) is 75.1 cm³/mol. The number of ether oxygens (including phenoxy) is 5. The summed E-state index contributed by atoms with van der Waals surface area (Å²) < 4.78 is 26.3. The third-order valence-corrected chi connectivity index (χ3v) is 2.36. The Hall–Kier alpha value is -0.280. The molecule has 0 fully saturated rings. The van der Waals surface area contributed by atoms with Crippen LogP contribution in [0.5, 0.6) is 0 Å². The van der Waals surface area contributed by atoms with Crippen LogP contribution in [-0.2, 0) is 23.7 Å². The molecule has 0 saturated heterocycles. The SMILES string of the molecule is CNCC(COCCOCCOCCOC)OCCO. The zero-order chi connectivity index (χ0) is 14.9. The topological polar surface area (TPSA) is 78.4 Å². The summed E-state index contributed by atoms with van der Waals surface area (Å²) in [5.41, 5.74) is 0. The largest absolute Gasteiger partial charge is 0.394 e. The van der Waals surface area contributed by atoms with E-state index in [0.717, 1.165) is 0 Å². The van der Waals surface area contributed by atoms with Crippen molar-refractivity contribution < 1.29 is 28.8 Å². The summed E-state index contributed by atoms with van der Waals surface area (Å²) in [5.74, 6) is 0. The van der Waals surface area contributed by atoms with Gasteiger partial charge in [0.1, 0.15) is 0 Å². The Morgan fingerprint density at radius 3 is 2.05 bits per heavy atom. The van der Waals surface area contributed by atoms with Crippen molar-refractivity contribution in [2.75, 3.05) is 80.2 Å². The van der Waals surface area contributed by atoms with Gasteiger partial charge in [-0.05, 0) is 7.05 Å². The molecule has 0 aliphatic rings. The Bertz CT molecular complexity index is 184. The molecule has 0 aromatic heterocycles. The van der Waals surface area contributed by atoms with E-state index in [9.17, 15) is 0 Å². The summed E-state index contributed by atoms with van der Waals surface area (Å²) in [6.07, 6.45) is -0.0514. The minimum Gasteiger partial charge on any atom is -0.394 e. The van der Waals surface area contributed by atoms with Crippen molar-refractivity contribution in [2.24, 2.45) is 0 Å². The van der Waals surface area contributed by atoms with Crippen LogP contribution in [0.2, 0.25) is 0 Å². The molecule has 0 aliphatic carbocycles. The number of aliphatic hydroxyl groups is 1. The van der Waals surface area contributed by atoms with E-state index < -0.39 is 0 Å². The summed E-state index contributed by atoms with van der Waals surface area (Å²) in [5, 5.41) is 11.7. The minimum absolute atomic E-state index is 0.0202. The maximum Gasteiger partial charge on any atom is 0.0933 e. The Balaban J connectivity index is 3.27. The fraction of sp³-hybridized carbons (Fsp3) is 1.00. The van der Waals surface area contributed by atoms with Gasteiger partial charge in [-0.1, -0.05) is 0 Å². The van der Waals surface area contributed by atoms with Gasteiger partial charge in [0.2, 0.25) is 0 Å². The summed E-state index contributed by atoms with van der Waals surface area (Å²) in [6.45, 7) is 4.86. The molecule has 1 unspecified atom stereocenters. The van der Waals surface area contributed by atoms with Crippen LogP contribution in [0.4, 0.5) is 0 Å². The van der Waals surface area contributed by atoms with Crippen LogP contribution < -0.4 is 5.32 Å².